The van der Waals surface area contributed by atoms with E-state index in [1.54, 1.807) is 16.8 Å². The van der Waals surface area contributed by atoms with Gasteiger partial charge in [0.2, 0.25) is 0 Å². The summed E-state index contributed by atoms with van der Waals surface area (Å²) in [7, 11) is 1.82. The van der Waals surface area contributed by atoms with E-state index in [9.17, 15) is 9.90 Å². The monoisotopic (exact) mass is 542 g/mol. The molecule has 3 aromatic heterocycles. The number of rotatable bonds is 6. The first kappa shape index (κ1) is 27.2. The fraction of sp³-hybridized carbons (Fsp3) is 0.393. The number of nitrogens with zero attached hydrogens (tertiary/aromatic N) is 4. The number of pyridine rings is 1. The molecule has 1 unspecified atom stereocenters. The summed E-state index contributed by atoms with van der Waals surface area (Å²) >= 11 is 12.8. The second-order valence-electron chi connectivity index (χ2n) is 10.4. The number of ether oxygens (including phenoxy) is 1. The molecule has 0 saturated carbocycles. The Morgan fingerprint density at radius 3 is 2.22 bits per heavy atom. The maximum absolute atomic E-state index is 12.6. The standard InChI is InChI=1S/C28H32Cl2N4O3/c1-14-17(4)34(13-20-15(2)32-33(8)25(20)30)26-21(14)23(18-9-11-19(29)12-10-18)22(16(3)31-26)24(27(35)36)37-28(5,6)7/h9-12,24H,13H2,1-8H3,(H,35,36). The van der Waals surface area contributed by atoms with Gasteiger partial charge in [0.15, 0.2) is 6.10 Å². The smallest absolute Gasteiger partial charge is 0.337 e. The molecule has 0 saturated heterocycles. The molecule has 0 bridgehead atoms. The first-order valence-electron chi connectivity index (χ1n) is 12.1. The summed E-state index contributed by atoms with van der Waals surface area (Å²) in [5, 5.41) is 16.8. The van der Waals surface area contributed by atoms with Gasteiger partial charge in [-0.25, -0.2) is 9.78 Å². The molecule has 196 valence electrons. The fourth-order valence-corrected chi connectivity index (χ4v) is 5.18. The number of hydrogen-bond acceptors (Lipinski definition) is 4. The molecule has 0 spiro atoms. The Hall–Kier alpha value is -2.87. The van der Waals surface area contributed by atoms with Gasteiger partial charge in [0.25, 0.3) is 0 Å². The zero-order valence-electron chi connectivity index (χ0n) is 22.4. The van der Waals surface area contributed by atoms with E-state index in [0.29, 0.717) is 28.0 Å². The van der Waals surface area contributed by atoms with Gasteiger partial charge in [0.05, 0.1) is 17.8 Å². The van der Waals surface area contributed by atoms with E-state index in [2.05, 4.69) is 9.67 Å². The van der Waals surface area contributed by atoms with Gasteiger partial charge in [-0.2, -0.15) is 5.10 Å². The first-order valence-corrected chi connectivity index (χ1v) is 12.8. The lowest BCUT2D eigenvalue weighted by Gasteiger charge is -2.28. The van der Waals surface area contributed by atoms with Crippen LogP contribution < -0.4 is 0 Å². The van der Waals surface area contributed by atoms with E-state index >= 15 is 0 Å². The van der Waals surface area contributed by atoms with Crippen molar-refractivity contribution in [2.75, 3.05) is 0 Å². The molecule has 0 aliphatic heterocycles. The fourth-order valence-electron chi connectivity index (χ4n) is 4.82. The molecular weight excluding hydrogens is 511 g/mol. The van der Waals surface area contributed by atoms with Crippen LogP contribution in [0, 0.1) is 27.7 Å². The largest absolute Gasteiger partial charge is 0.479 e. The lowest BCUT2D eigenvalue weighted by atomic mass is 9.91. The number of carboxylic acids is 1. The second-order valence-corrected chi connectivity index (χ2v) is 11.2. The number of aryl methyl sites for hydroxylation is 4. The summed E-state index contributed by atoms with van der Waals surface area (Å²) < 4.78 is 9.89. The Labute approximate surface area is 227 Å². The lowest BCUT2D eigenvalue weighted by molar-refractivity contribution is -0.160. The van der Waals surface area contributed by atoms with E-state index in [1.165, 1.54) is 0 Å². The molecule has 0 aliphatic rings. The molecule has 9 heteroatoms. The van der Waals surface area contributed by atoms with Crippen LogP contribution in [0.3, 0.4) is 0 Å². The van der Waals surface area contributed by atoms with Crippen LogP contribution in [-0.2, 0) is 23.1 Å². The molecular formula is C28H32Cl2N4O3. The number of aromatic nitrogens is 4. The summed E-state index contributed by atoms with van der Waals surface area (Å²) in [6.07, 6.45) is -1.21. The zero-order chi connectivity index (χ0) is 27.4. The number of aliphatic carboxylic acids is 1. The van der Waals surface area contributed by atoms with Crippen molar-refractivity contribution in [3.05, 3.63) is 68.2 Å². The number of carboxylic acid groups (broad SMARTS) is 1. The highest BCUT2D eigenvalue weighted by Gasteiger charge is 2.33. The van der Waals surface area contributed by atoms with Crippen molar-refractivity contribution in [2.24, 2.45) is 7.05 Å². The van der Waals surface area contributed by atoms with Crippen LogP contribution >= 0.6 is 23.2 Å². The van der Waals surface area contributed by atoms with Crippen molar-refractivity contribution < 1.29 is 14.6 Å². The van der Waals surface area contributed by atoms with Crippen molar-refractivity contribution in [3.63, 3.8) is 0 Å². The van der Waals surface area contributed by atoms with Gasteiger partial charge in [-0.15, -0.1) is 0 Å². The molecule has 0 radical (unpaired) electrons. The van der Waals surface area contributed by atoms with Gasteiger partial charge in [-0.05, 0) is 71.7 Å². The molecule has 3 heterocycles. The molecule has 4 aromatic rings. The van der Waals surface area contributed by atoms with Crippen LogP contribution in [0.5, 0.6) is 0 Å². The van der Waals surface area contributed by atoms with Crippen molar-refractivity contribution in [1.82, 2.24) is 19.3 Å². The van der Waals surface area contributed by atoms with Crippen LogP contribution in [0.4, 0.5) is 0 Å². The van der Waals surface area contributed by atoms with Crippen LogP contribution in [0.2, 0.25) is 10.2 Å². The Balaban J connectivity index is 2.09. The molecule has 7 nitrogen and oxygen atoms in total. The summed E-state index contributed by atoms with van der Waals surface area (Å²) in [6, 6.07) is 7.43. The Bertz CT molecular complexity index is 1510. The average Bonchev–Trinajstić information content (AvgIpc) is 3.18. The summed E-state index contributed by atoms with van der Waals surface area (Å²) in [6.45, 7) is 13.9. The minimum atomic E-state index is -1.21. The maximum Gasteiger partial charge on any atom is 0.337 e. The summed E-state index contributed by atoms with van der Waals surface area (Å²) in [5.74, 6) is -1.07. The highest BCUT2D eigenvalue weighted by atomic mass is 35.5. The number of hydrogen-bond donors (Lipinski definition) is 1. The summed E-state index contributed by atoms with van der Waals surface area (Å²) in [4.78, 5) is 17.6. The Kier molecular flexibility index (Phi) is 7.18. The van der Waals surface area contributed by atoms with Crippen LogP contribution in [-0.4, -0.2) is 36.0 Å². The van der Waals surface area contributed by atoms with Gasteiger partial charge >= 0.3 is 5.97 Å². The van der Waals surface area contributed by atoms with Gasteiger partial charge in [0.1, 0.15) is 10.8 Å². The third kappa shape index (κ3) is 5.00. The molecule has 37 heavy (non-hydrogen) atoms. The molecule has 0 fully saturated rings. The lowest BCUT2D eigenvalue weighted by Crippen LogP contribution is -2.28. The van der Waals surface area contributed by atoms with E-state index in [0.717, 1.165) is 44.7 Å². The Morgan fingerprint density at radius 2 is 1.70 bits per heavy atom. The molecule has 1 atom stereocenters. The third-order valence-corrected chi connectivity index (χ3v) is 7.39. The number of fused-ring (bicyclic) bond motifs is 1. The molecule has 1 aromatic carbocycles. The third-order valence-electron chi connectivity index (χ3n) is 6.66. The van der Waals surface area contributed by atoms with E-state index in [-0.39, 0.29) is 0 Å². The second kappa shape index (κ2) is 9.78. The maximum atomic E-state index is 12.6. The van der Waals surface area contributed by atoms with Gasteiger partial charge < -0.3 is 14.4 Å². The van der Waals surface area contributed by atoms with Gasteiger partial charge in [0, 0.05) is 45.5 Å². The van der Waals surface area contributed by atoms with Crippen molar-refractivity contribution in [3.8, 4) is 11.1 Å². The van der Waals surface area contributed by atoms with Crippen LogP contribution in [0.25, 0.3) is 22.2 Å². The predicted molar refractivity (Wildman–Crippen MR) is 148 cm³/mol. The van der Waals surface area contributed by atoms with Crippen LogP contribution in [0.15, 0.2) is 24.3 Å². The zero-order valence-corrected chi connectivity index (χ0v) is 23.9. The minimum absolute atomic E-state index is 0.487. The van der Waals surface area contributed by atoms with Gasteiger partial charge in [-0.3, -0.25) is 4.68 Å². The van der Waals surface area contributed by atoms with Crippen molar-refractivity contribution in [2.45, 2.75) is 66.7 Å². The molecule has 0 aliphatic carbocycles. The molecule has 4 rings (SSSR count). The topological polar surface area (TPSA) is 82.2 Å². The molecule has 1 N–H and O–H groups in total. The number of benzene rings is 1. The Morgan fingerprint density at radius 1 is 1.08 bits per heavy atom. The van der Waals surface area contributed by atoms with Crippen LogP contribution in [0.1, 0.15) is 60.6 Å². The highest BCUT2D eigenvalue weighted by Crippen LogP contribution is 2.42. The average molecular weight is 543 g/mol. The quantitative estimate of drug-likeness (QED) is 0.284. The predicted octanol–water partition coefficient (Wildman–Crippen LogP) is 6.97. The van der Waals surface area contributed by atoms with Crippen molar-refractivity contribution in [1.29, 1.82) is 0 Å². The summed E-state index contributed by atoms with van der Waals surface area (Å²) in [5.41, 5.74) is 6.59. The van der Waals surface area contributed by atoms with Crippen molar-refractivity contribution >= 4 is 40.2 Å². The minimum Gasteiger partial charge on any atom is -0.479 e. The molecule has 0 amide bonds. The van der Waals surface area contributed by atoms with E-state index in [1.807, 2.05) is 67.6 Å². The van der Waals surface area contributed by atoms with E-state index < -0.39 is 17.7 Å². The number of carbonyl (C=O) groups is 1. The SMILES string of the molecule is Cc1nn(C)c(Cl)c1Cn1c(C)c(C)c2c(-c3ccc(Cl)cc3)c(C(OC(C)(C)C)C(=O)O)c(C)nc21. The highest BCUT2D eigenvalue weighted by molar-refractivity contribution is 6.30. The normalized spacial score (nSPS) is 12.9. The van der Waals surface area contributed by atoms with Gasteiger partial charge in [-0.1, -0.05) is 35.3 Å². The first-order chi connectivity index (χ1) is 17.2. The number of halogens is 2. The van der Waals surface area contributed by atoms with E-state index in [4.69, 9.17) is 32.9 Å².